The van der Waals surface area contributed by atoms with Crippen LogP contribution < -0.4 is 11.0 Å². The van der Waals surface area contributed by atoms with Crippen LogP contribution in [-0.2, 0) is 16.6 Å². The first-order valence-corrected chi connectivity index (χ1v) is 5.09. The van der Waals surface area contributed by atoms with Crippen LogP contribution in [0.15, 0.2) is 11.0 Å². The predicted molar refractivity (Wildman–Crippen MR) is 55.8 cm³/mol. The third-order valence-corrected chi connectivity index (χ3v) is 2.79. The van der Waals surface area contributed by atoms with Crippen molar-refractivity contribution in [2.75, 3.05) is 0 Å². The van der Waals surface area contributed by atoms with Crippen LogP contribution in [0.1, 0.15) is 24.6 Å². The summed E-state index contributed by atoms with van der Waals surface area (Å²) in [5.74, 6) is -0.671. The number of rotatable bonds is 1. The van der Waals surface area contributed by atoms with Gasteiger partial charge in [0.05, 0.1) is 0 Å². The molecule has 0 aromatic carbocycles. The highest BCUT2D eigenvalue weighted by atomic mass is 16.2. The molecule has 0 spiro atoms. The zero-order valence-electron chi connectivity index (χ0n) is 9.19. The highest BCUT2D eigenvalue weighted by Gasteiger charge is 2.30. The van der Waals surface area contributed by atoms with E-state index in [1.807, 2.05) is 0 Å². The van der Waals surface area contributed by atoms with Gasteiger partial charge in [0.1, 0.15) is 6.04 Å². The van der Waals surface area contributed by atoms with Crippen molar-refractivity contribution in [1.82, 2.24) is 14.5 Å². The number of nitrogens with zero attached hydrogens (tertiary/aromatic N) is 2. The minimum Gasteiger partial charge on any atom is -0.302 e. The number of carbonyl (C=O) groups excluding carboxylic acids is 2. The smallest absolute Gasteiger partial charge is 0.302 e. The van der Waals surface area contributed by atoms with Gasteiger partial charge in [0.2, 0.25) is 11.8 Å². The van der Waals surface area contributed by atoms with E-state index < -0.39 is 11.9 Å². The van der Waals surface area contributed by atoms with E-state index in [0.717, 1.165) is 5.69 Å². The summed E-state index contributed by atoms with van der Waals surface area (Å²) in [4.78, 5) is 34.4. The summed E-state index contributed by atoms with van der Waals surface area (Å²) >= 11 is 0. The van der Waals surface area contributed by atoms with Gasteiger partial charge < -0.3 is 4.57 Å². The molecule has 1 aromatic heterocycles. The van der Waals surface area contributed by atoms with E-state index in [4.69, 9.17) is 0 Å². The molecule has 6 heteroatoms. The summed E-state index contributed by atoms with van der Waals surface area (Å²) in [7, 11) is 1.64. The number of imidazole rings is 1. The Bertz CT molecular complexity index is 512. The van der Waals surface area contributed by atoms with Gasteiger partial charge in [-0.2, -0.15) is 0 Å². The molecule has 0 saturated carbocycles. The van der Waals surface area contributed by atoms with Gasteiger partial charge in [-0.3, -0.25) is 19.5 Å². The van der Waals surface area contributed by atoms with E-state index in [9.17, 15) is 14.4 Å². The molecule has 2 amide bonds. The standard InChI is InChI=1S/C10H13N3O3/c1-6-5-12(2)10(16)13(6)7-3-4-8(14)11-9(7)15/h5,7H,3-4H2,1-2H3,(H,11,14,15). The number of aryl methyl sites for hydroxylation is 2. The molecule has 1 unspecified atom stereocenters. The molecule has 0 aliphatic carbocycles. The fourth-order valence-electron chi connectivity index (χ4n) is 2.03. The summed E-state index contributed by atoms with van der Waals surface area (Å²) in [6.07, 6.45) is 2.33. The molecule has 1 fully saturated rings. The first kappa shape index (κ1) is 10.7. The van der Waals surface area contributed by atoms with Crippen molar-refractivity contribution in [2.24, 2.45) is 7.05 Å². The van der Waals surface area contributed by atoms with Crippen LogP contribution >= 0.6 is 0 Å². The molecule has 2 rings (SSSR count). The lowest BCUT2D eigenvalue weighted by Gasteiger charge is -2.22. The molecule has 2 heterocycles. The molecule has 0 bridgehead atoms. The normalized spacial score (nSPS) is 21.0. The quantitative estimate of drug-likeness (QED) is 0.651. The zero-order valence-corrected chi connectivity index (χ0v) is 9.19. The largest absolute Gasteiger partial charge is 0.328 e. The second kappa shape index (κ2) is 3.62. The lowest BCUT2D eigenvalue weighted by atomic mass is 10.1. The van der Waals surface area contributed by atoms with Gasteiger partial charge in [0.15, 0.2) is 0 Å². The summed E-state index contributed by atoms with van der Waals surface area (Å²) in [6, 6.07) is -0.564. The maximum absolute atomic E-state index is 11.8. The first-order chi connectivity index (χ1) is 7.50. The van der Waals surface area contributed by atoms with Crippen molar-refractivity contribution in [3.8, 4) is 0 Å². The molecule has 0 radical (unpaired) electrons. The van der Waals surface area contributed by atoms with Crippen molar-refractivity contribution in [1.29, 1.82) is 0 Å². The Labute approximate surface area is 91.9 Å². The second-order valence-corrected chi connectivity index (χ2v) is 4.00. The van der Waals surface area contributed by atoms with Gasteiger partial charge in [-0.05, 0) is 13.3 Å². The Balaban J connectivity index is 2.41. The predicted octanol–water partition coefficient (Wildman–Crippen LogP) is -0.527. The Morgan fingerprint density at radius 3 is 2.56 bits per heavy atom. The summed E-state index contributed by atoms with van der Waals surface area (Å²) in [6.45, 7) is 1.77. The van der Waals surface area contributed by atoms with Crippen molar-refractivity contribution < 1.29 is 9.59 Å². The van der Waals surface area contributed by atoms with Crippen LogP contribution in [0, 0.1) is 6.92 Å². The maximum Gasteiger partial charge on any atom is 0.328 e. The van der Waals surface area contributed by atoms with E-state index in [1.54, 1.807) is 20.2 Å². The number of imide groups is 1. The zero-order chi connectivity index (χ0) is 11.9. The Morgan fingerprint density at radius 1 is 1.38 bits per heavy atom. The van der Waals surface area contributed by atoms with E-state index in [2.05, 4.69) is 5.32 Å². The number of amides is 2. The van der Waals surface area contributed by atoms with Crippen LogP contribution in [0.3, 0.4) is 0 Å². The molecule has 86 valence electrons. The van der Waals surface area contributed by atoms with Gasteiger partial charge in [-0.1, -0.05) is 0 Å². The molecule has 1 saturated heterocycles. The maximum atomic E-state index is 11.8. The fraction of sp³-hybridized carbons (Fsp3) is 0.500. The Hall–Kier alpha value is -1.85. The van der Waals surface area contributed by atoms with Crippen molar-refractivity contribution in [2.45, 2.75) is 25.8 Å². The van der Waals surface area contributed by atoms with E-state index in [1.165, 1.54) is 9.13 Å². The lowest BCUT2D eigenvalue weighted by molar-refractivity contribution is -0.135. The van der Waals surface area contributed by atoms with Crippen LogP contribution in [0.25, 0.3) is 0 Å². The van der Waals surface area contributed by atoms with Gasteiger partial charge in [-0.15, -0.1) is 0 Å². The minimum absolute atomic E-state index is 0.230. The third kappa shape index (κ3) is 1.56. The number of hydrogen-bond acceptors (Lipinski definition) is 3. The van der Waals surface area contributed by atoms with E-state index >= 15 is 0 Å². The number of piperidine rings is 1. The molecule has 1 aliphatic heterocycles. The average molecular weight is 223 g/mol. The van der Waals surface area contributed by atoms with Gasteiger partial charge in [0.25, 0.3) is 0 Å². The van der Waals surface area contributed by atoms with Crippen LogP contribution in [0.4, 0.5) is 0 Å². The molecular weight excluding hydrogens is 210 g/mol. The molecule has 6 nitrogen and oxygen atoms in total. The third-order valence-electron chi connectivity index (χ3n) is 2.79. The molecule has 1 N–H and O–H groups in total. The number of aromatic nitrogens is 2. The first-order valence-electron chi connectivity index (χ1n) is 5.09. The summed E-state index contributed by atoms with van der Waals surface area (Å²) in [5, 5.41) is 2.24. The van der Waals surface area contributed by atoms with Crippen molar-refractivity contribution >= 4 is 11.8 Å². The fourth-order valence-corrected chi connectivity index (χ4v) is 2.03. The average Bonchev–Trinajstić information content (AvgIpc) is 2.43. The molecule has 1 atom stereocenters. The van der Waals surface area contributed by atoms with Gasteiger partial charge in [0, 0.05) is 25.4 Å². The van der Waals surface area contributed by atoms with E-state index in [-0.39, 0.29) is 18.0 Å². The Kier molecular flexibility index (Phi) is 2.41. The second-order valence-electron chi connectivity index (χ2n) is 4.00. The molecule has 1 aromatic rings. The molecule has 1 aliphatic rings. The van der Waals surface area contributed by atoms with Crippen molar-refractivity contribution in [3.63, 3.8) is 0 Å². The topological polar surface area (TPSA) is 73.1 Å². The van der Waals surface area contributed by atoms with Crippen LogP contribution in [0.5, 0.6) is 0 Å². The lowest BCUT2D eigenvalue weighted by Crippen LogP contribution is -2.44. The SMILES string of the molecule is Cc1cn(C)c(=O)n1C1CCC(=O)NC1=O. The summed E-state index contributed by atoms with van der Waals surface area (Å²) in [5.41, 5.74) is 0.494. The van der Waals surface area contributed by atoms with Gasteiger partial charge >= 0.3 is 5.69 Å². The highest BCUT2D eigenvalue weighted by Crippen LogP contribution is 2.18. The monoisotopic (exact) mass is 223 g/mol. The minimum atomic E-state index is -0.564. The molecular formula is C10H13N3O3. The van der Waals surface area contributed by atoms with Gasteiger partial charge in [-0.25, -0.2) is 4.79 Å². The number of hydrogen-bond donors (Lipinski definition) is 1. The summed E-state index contributed by atoms with van der Waals surface area (Å²) < 4.78 is 2.86. The van der Waals surface area contributed by atoms with Crippen LogP contribution in [-0.4, -0.2) is 20.9 Å². The highest BCUT2D eigenvalue weighted by molar-refractivity contribution is 5.99. The number of nitrogens with one attached hydrogen (secondary N) is 1. The van der Waals surface area contributed by atoms with Crippen LogP contribution in [0.2, 0.25) is 0 Å². The Morgan fingerprint density at radius 2 is 2.06 bits per heavy atom. The molecule has 16 heavy (non-hydrogen) atoms. The van der Waals surface area contributed by atoms with E-state index in [0.29, 0.717) is 6.42 Å². The van der Waals surface area contributed by atoms with Crippen molar-refractivity contribution in [3.05, 3.63) is 22.4 Å². The number of carbonyl (C=O) groups is 2.